The molecule has 0 aliphatic rings. The first-order valence-corrected chi connectivity index (χ1v) is 13.4. The minimum Gasteiger partial charge on any atom is -0.494 e. The van der Waals surface area contributed by atoms with Crippen LogP contribution in [-0.4, -0.2) is 35.9 Å². The van der Waals surface area contributed by atoms with Crippen LogP contribution in [0.15, 0.2) is 83.3 Å². The maximum absolute atomic E-state index is 13.6. The second-order valence-electron chi connectivity index (χ2n) is 8.55. The molecule has 0 aliphatic carbocycles. The van der Waals surface area contributed by atoms with E-state index in [2.05, 4.69) is 21.2 Å². The molecular formula is C29H32BrClN2O3. The highest BCUT2D eigenvalue weighted by atomic mass is 79.9. The van der Waals surface area contributed by atoms with E-state index in [1.165, 1.54) is 0 Å². The molecule has 5 nitrogen and oxygen atoms in total. The van der Waals surface area contributed by atoms with Crippen molar-refractivity contribution in [1.29, 1.82) is 0 Å². The number of nitrogens with zero attached hydrogens (tertiary/aromatic N) is 1. The van der Waals surface area contributed by atoms with E-state index >= 15 is 0 Å². The number of ether oxygens (including phenoxy) is 1. The Bertz CT molecular complexity index is 1110. The summed E-state index contributed by atoms with van der Waals surface area (Å²) < 4.78 is 6.70. The van der Waals surface area contributed by atoms with Gasteiger partial charge in [-0.05, 0) is 60.4 Å². The fourth-order valence-electron chi connectivity index (χ4n) is 3.84. The van der Waals surface area contributed by atoms with Gasteiger partial charge in [0.1, 0.15) is 11.8 Å². The average Bonchev–Trinajstić information content (AvgIpc) is 2.88. The Morgan fingerprint density at radius 2 is 1.72 bits per heavy atom. The highest BCUT2D eigenvalue weighted by Crippen LogP contribution is 2.20. The molecule has 0 saturated carbocycles. The summed E-state index contributed by atoms with van der Waals surface area (Å²) >= 11 is 9.44. The lowest BCUT2D eigenvalue weighted by Gasteiger charge is -2.31. The second-order valence-corrected chi connectivity index (χ2v) is 9.91. The zero-order valence-corrected chi connectivity index (χ0v) is 22.8. The monoisotopic (exact) mass is 570 g/mol. The third-order valence-electron chi connectivity index (χ3n) is 5.68. The van der Waals surface area contributed by atoms with Crippen molar-refractivity contribution in [2.24, 2.45) is 0 Å². The maximum Gasteiger partial charge on any atom is 0.243 e. The predicted molar refractivity (Wildman–Crippen MR) is 148 cm³/mol. The zero-order chi connectivity index (χ0) is 25.8. The van der Waals surface area contributed by atoms with Crippen LogP contribution in [0, 0.1) is 0 Å². The van der Waals surface area contributed by atoms with Gasteiger partial charge in [0.25, 0.3) is 0 Å². The first kappa shape index (κ1) is 27.8. The number of carbonyl (C=O) groups excluding carboxylic acids is 2. The summed E-state index contributed by atoms with van der Waals surface area (Å²) in [6, 6.07) is 24.2. The van der Waals surface area contributed by atoms with Crippen molar-refractivity contribution >= 4 is 39.3 Å². The highest BCUT2D eigenvalue weighted by Gasteiger charge is 2.30. The van der Waals surface area contributed by atoms with Crippen LogP contribution in [0.25, 0.3) is 0 Å². The molecule has 0 fully saturated rings. The fraction of sp³-hybridized carbons (Fsp3) is 0.310. The molecular weight excluding hydrogens is 540 g/mol. The smallest absolute Gasteiger partial charge is 0.243 e. The summed E-state index contributed by atoms with van der Waals surface area (Å²) in [5, 5.41) is 3.65. The Labute approximate surface area is 226 Å². The van der Waals surface area contributed by atoms with E-state index in [1.54, 1.807) is 29.2 Å². The normalized spacial score (nSPS) is 11.5. The van der Waals surface area contributed by atoms with Crippen LogP contribution in [0.5, 0.6) is 5.75 Å². The summed E-state index contributed by atoms with van der Waals surface area (Å²) in [6.07, 6.45) is 2.07. The first-order valence-electron chi connectivity index (χ1n) is 12.2. The predicted octanol–water partition coefficient (Wildman–Crippen LogP) is 6.43. The van der Waals surface area contributed by atoms with Crippen molar-refractivity contribution in [2.45, 2.75) is 45.2 Å². The molecule has 0 saturated heterocycles. The molecule has 0 spiro atoms. The van der Waals surface area contributed by atoms with Crippen molar-refractivity contribution < 1.29 is 14.3 Å². The number of hydrogen-bond donors (Lipinski definition) is 1. The van der Waals surface area contributed by atoms with Gasteiger partial charge < -0.3 is 15.0 Å². The molecule has 0 unspecified atom stereocenters. The quantitative estimate of drug-likeness (QED) is 0.241. The van der Waals surface area contributed by atoms with Crippen LogP contribution >= 0.6 is 27.5 Å². The molecule has 3 rings (SSSR count). The van der Waals surface area contributed by atoms with Crippen molar-refractivity contribution in [1.82, 2.24) is 10.2 Å². The summed E-state index contributed by atoms with van der Waals surface area (Å²) in [4.78, 5) is 28.6. The van der Waals surface area contributed by atoms with Crippen LogP contribution in [-0.2, 0) is 22.6 Å². The van der Waals surface area contributed by atoms with E-state index in [-0.39, 0.29) is 18.2 Å². The van der Waals surface area contributed by atoms with Crippen LogP contribution in [0.4, 0.5) is 0 Å². The average molecular weight is 572 g/mol. The van der Waals surface area contributed by atoms with E-state index in [0.717, 1.165) is 22.0 Å². The fourth-order valence-corrected chi connectivity index (χ4v) is 4.41. The summed E-state index contributed by atoms with van der Waals surface area (Å²) in [6.45, 7) is 3.31. The van der Waals surface area contributed by atoms with Crippen LogP contribution < -0.4 is 10.1 Å². The van der Waals surface area contributed by atoms with E-state index in [4.69, 9.17) is 16.3 Å². The lowest BCUT2D eigenvalue weighted by atomic mass is 10.0. The Morgan fingerprint density at radius 3 is 2.42 bits per heavy atom. The molecule has 1 atom stereocenters. The molecule has 2 amide bonds. The number of nitrogens with one attached hydrogen (secondary N) is 1. The first-order chi connectivity index (χ1) is 17.5. The zero-order valence-electron chi connectivity index (χ0n) is 20.5. The number of benzene rings is 3. The Balaban J connectivity index is 1.77. The van der Waals surface area contributed by atoms with Crippen molar-refractivity contribution in [3.05, 3.63) is 99.5 Å². The molecule has 36 heavy (non-hydrogen) atoms. The van der Waals surface area contributed by atoms with Gasteiger partial charge in [0.05, 0.1) is 6.61 Å². The molecule has 0 bridgehead atoms. The van der Waals surface area contributed by atoms with Gasteiger partial charge in [0, 0.05) is 35.4 Å². The molecule has 0 heterocycles. The van der Waals surface area contributed by atoms with Gasteiger partial charge in [-0.2, -0.15) is 0 Å². The Hall–Kier alpha value is -2.83. The van der Waals surface area contributed by atoms with Gasteiger partial charge >= 0.3 is 0 Å². The van der Waals surface area contributed by atoms with Crippen molar-refractivity contribution in [2.75, 3.05) is 13.2 Å². The minimum atomic E-state index is -0.623. The van der Waals surface area contributed by atoms with E-state index in [0.29, 0.717) is 43.3 Å². The van der Waals surface area contributed by atoms with Gasteiger partial charge in [-0.1, -0.05) is 76.9 Å². The number of halogens is 2. The standard InChI is InChI=1S/C29H32BrClN2O3/c1-2-17-32-29(35)27(20-22-8-4-3-5-9-22)33(21-23-10-6-11-24(30)19-23)28(34)12-7-18-36-26-15-13-25(31)14-16-26/h3-6,8-11,13-16,19,27H,2,7,12,17-18,20-21H2,1H3,(H,32,35)/t27-/m0/s1. The highest BCUT2D eigenvalue weighted by molar-refractivity contribution is 9.10. The second kappa shape index (κ2) is 14.7. The van der Waals surface area contributed by atoms with Crippen LogP contribution in [0.1, 0.15) is 37.3 Å². The number of carbonyl (C=O) groups is 2. The number of rotatable bonds is 13. The molecule has 3 aromatic carbocycles. The lowest BCUT2D eigenvalue weighted by Crippen LogP contribution is -2.50. The third kappa shape index (κ3) is 8.99. The molecule has 7 heteroatoms. The summed E-state index contributed by atoms with van der Waals surface area (Å²) in [7, 11) is 0. The molecule has 1 N–H and O–H groups in total. The Kier molecular flexibility index (Phi) is 11.3. The van der Waals surface area contributed by atoms with E-state index < -0.39 is 6.04 Å². The van der Waals surface area contributed by atoms with Gasteiger partial charge in [0.2, 0.25) is 11.8 Å². The van der Waals surface area contributed by atoms with Crippen molar-refractivity contribution in [3.63, 3.8) is 0 Å². The van der Waals surface area contributed by atoms with E-state index in [9.17, 15) is 9.59 Å². The minimum absolute atomic E-state index is 0.0812. The van der Waals surface area contributed by atoms with Gasteiger partial charge in [-0.3, -0.25) is 9.59 Å². The van der Waals surface area contributed by atoms with Gasteiger partial charge in [-0.15, -0.1) is 0 Å². The van der Waals surface area contributed by atoms with Gasteiger partial charge in [0.15, 0.2) is 0 Å². The SMILES string of the molecule is CCCNC(=O)[C@H](Cc1ccccc1)N(Cc1cccc(Br)c1)C(=O)CCCOc1ccc(Cl)cc1. The molecule has 0 radical (unpaired) electrons. The number of hydrogen-bond acceptors (Lipinski definition) is 3. The summed E-state index contributed by atoms with van der Waals surface area (Å²) in [5.41, 5.74) is 1.96. The number of amides is 2. The third-order valence-corrected chi connectivity index (χ3v) is 6.42. The lowest BCUT2D eigenvalue weighted by molar-refractivity contribution is -0.141. The topological polar surface area (TPSA) is 58.6 Å². The van der Waals surface area contributed by atoms with E-state index in [1.807, 2.05) is 61.5 Å². The molecule has 0 aromatic heterocycles. The molecule has 190 valence electrons. The van der Waals surface area contributed by atoms with Crippen LogP contribution in [0.3, 0.4) is 0 Å². The van der Waals surface area contributed by atoms with Gasteiger partial charge in [-0.25, -0.2) is 0 Å². The largest absolute Gasteiger partial charge is 0.494 e. The Morgan fingerprint density at radius 1 is 1.00 bits per heavy atom. The molecule has 3 aromatic rings. The summed E-state index contributed by atoms with van der Waals surface area (Å²) in [5.74, 6) is 0.488. The maximum atomic E-state index is 13.6. The van der Waals surface area contributed by atoms with Crippen LogP contribution in [0.2, 0.25) is 5.02 Å². The molecule has 0 aliphatic heterocycles. The van der Waals surface area contributed by atoms with Crippen molar-refractivity contribution in [3.8, 4) is 5.75 Å².